The van der Waals surface area contributed by atoms with E-state index in [0.29, 0.717) is 6.54 Å². The molecule has 0 fully saturated rings. The molecule has 0 aliphatic heterocycles. The number of hydrogen-bond donors (Lipinski definition) is 0. The molecule has 3 aromatic heterocycles. The second kappa shape index (κ2) is 4.90. The number of imidazole rings is 1. The van der Waals surface area contributed by atoms with Crippen LogP contribution in [0.3, 0.4) is 0 Å². The van der Waals surface area contributed by atoms with E-state index in [1.807, 2.05) is 19.2 Å². The first kappa shape index (κ1) is 12.6. The first-order valence-corrected chi connectivity index (χ1v) is 7.26. The number of pyridine rings is 1. The minimum Gasteiger partial charge on any atom is -0.320 e. The molecule has 0 bridgehead atoms. The Morgan fingerprint density at radius 2 is 2.26 bits per heavy atom. The lowest BCUT2D eigenvalue weighted by atomic mass is 10.4. The van der Waals surface area contributed by atoms with Crippen molar-refractivity contribution in [2.75, 3.05) is 0 Å². The molecule has 19 heavy (non-hydrogen) atoms. The molecular weight excluding hydrogens is 280 g/mol. The maximum Gasteiger partial charge on any atom is 0.128 e. The highest BCUT2D eigenvalue weighted by Crippen LogP contribution is 2.25. The zero-order valence-electron chi connectivity index (χ0n) is 10.7. The Morgan fingerprint density at radius 1 is 1.42 bits per heavy atom. The first-order valence-electron chi connectivity index (χ1n) is 6.00. The van der Waals surface area contributed by atoms with Crippen LogP contribution in [-0.2, 0) is 6.54 Å². The smallest absolute Gasteiger partial charge is 0.128 e. The van der Waals surface area contributed by atoms with Gasteiger partial charge >= 0.3 is 0 Å². The minimum atomic E-state index is -0.145. The molecule has 0 aliphatic carbocycles. The summed E-state index contributed by atoms with van der Waals surface area (Å²) in [6.45, 7) is 4.69. The van der Waals surface area contributed by atoms with Gasteiger partial charge in [-0.05, 0) is 19.9 Å². The topological polar surface area (TPSA) is 43.6 Å². The molecule has 0 saturated carbocycles. The van der Waals surface area contributed by atoms with E-state index in [1.54, 1.807) is 23.7 Å². The first-order chi connectivity index (χ1) is 9.15. The van der Waals surface area contributed by atoms with Gasteiger partial charge in [-0.25, -0.2) is 9.97 Å². The van der Waals surface area contributed by atoms with Gasteiger partial charge in [-0.2, -0.15) is 0 Å². The van der Waals surface area contributed by atoms with Crippen molar-refractivity contribution in [3.63, 3.8) is 0 Å². The summed E-state index contributed by atoms with van der Waals surface area (Å²) < 4.78 is 2.12. The second-order valence-corrected chi connectivity index (χ2v) is 6.38. The summed E-state index contributed by atoms with van der Waals surface area (Å²) in [6.07, 6.45) is 5.43. The Morgan fingerprint density at radius 3 is 2.95 bits per heavy atom. The number of alkyl halides is 1. The van der Waals surface area contributed by atoms with Crippen LogP contribution in [-0.4, -0.2) is 19.5 Å². The Labute approximate surface area is 120 Å². The second-order valence-electron chi connectivity index (χ2n) is 4.40. The Hall–Kier alpha value is -1.46. The van der Waals surface area contributed by atoms with Crippen LogP contribution >= 0.6 is 22.9 Å². The van der Waals surface area contributed by atoms with E-state index < -0.39 is 0 Å². The van der Waals surface area contributed by atoms with Gasteiger partial charge in [0.2, 0.25) is 0 Å². The standard InChI is InChI=1S/C13H13ClN4S/c1-8-5-16-12(19-8)7-18-11-3-4-15-6-10(11)17-13(18)9(2)14/h3-6,9H,7H2,1-2H3. The Kier molecular flexibility index (Phi) is 3.24. The van der Waals surface area contributed by atoms with Crippen molar-refractivity contribution in [2.24, 2.45) is 0 Å². The minimum absolute atomic E-state index is 0.145. The maximum atomic E-state index is 6.23. The highest BCUT2D eigenvalue weighted by molar-refractivity contribution is 7.11. The van der Waals surface area contributed by atoms with Crippen molar-refractivity contribution >= 4 is 34.0 Å². The number of aryl methyl sites for hydroxylation is 1. The van der Waals surface area contributed by atoms with Gasteiger partial charge in [0, 0.05) is 17.3 Å². The zero-order chi connectivity index (χ0) is 13.4. The number of fused-ring (bicyclic) bond motifs is 1. The van der Waals surface area contributed by atoms with E-state index in [1.165, 1.54) is 4.88 Å². The Bertz CT molecular complexity index is 716. The van der Waals surface area contributed by atoms with Crippen LogP contribution < -0.4 is 0 Å². The molecule has 3 heterocycles. The molecule has 1 atom stereocenters. The van der Waals surface area contributed by atoms with Crippen LogP contribution in [0.25, 0.3) is 11.0 Å². The molecule has 0 aromatic carbocycles. The molecule has 0 amide bonds. The summed E-state index contributed by atoms with van der Waals surface area (Å²) in [4.78, 5) is 14.3. The van der Waals surface area contributed by atoms with Crippen molar-refractivity contribution in [2.45, 2.75) is 25.8 Å². The van der Waals surface area contributed by atoms with Gasteiger partial charge in [0.1, 0.15) is 16.3 Å². The summed E-state index contributed by atoms with van der Waals surface area (Å²) in [6, 6.07) is 1.96. The lowest BCUT2D eigenvalue weighted by Crippen LogP contribution is -2.05. The summed E-state index contributed by atoms with van der Waals surface area (Å²) >= 11 is 7.93. The fourth-order valence-electron chi connectivity index (χ4n) is 2.08. The van der Waals surface area contributed by atoms with E-state index in [0.717, 1.165) is 21.9 Å². The fourth-order valence-corrected chi connectivity index (χ4v) is 3.02. The lowest BCUT2D eigenvalue weighted by molar-refractivity contribution is 0.738. The average Bonchev–Trinajstić information content (AvgIpc) is 2.95. The summed E-state index contributed by atoms with van der Waals surface area (Å²) in [5.74, 6) is 0.859. The number of halogens is 1. The highest BCUT2D eigenvalue weighted by atomic mass is 35.5. The molecule has 0 saturated heterocycles. The molecule has 0 aliphatic rings. The third-order valence-electron chi connectivity index (χ3n) is 2.90. The van der Waals surface area contributed by atoms with Gasteiger partial charge in [0.05, 0.1) is 23.6 Å². The van der Waals surface area contributed by atoms with Crippen molar-refractivity contribution in [3.05, 3.63) is 40.4 Å². The third-order valence-corrected chi connectivity index (χ3v) is 3.99. The summed E-state index contributed by atoms with van der Waals surface area (Å²) in [5.41, 5.74) is 1.92. The molecule has 98 valence electrons. The van der Waals surface area contributed by atoms with Crippen LogP contribution in [0.4, 0.5) is 0 Å². The SMILES string of the molecule is Cc1cnc(Cn2c(C(C)Cl)nc3cnccc32)s1. The van der Waals surface area contributed by atoms with Crippen LogP contribution in [0.15, 0.2) is 24.7 Å². The molecule has 0 spiro atoms. The van der Waals surface area contributed by atoms with E-state index in [-0.39, 0.29) is 5.38 Å². The van der Waals surface area contributed by atoms with Gasteiger partial charge in [-0.15, -0.1) is 22.9 Å². The quantitative estimate of drug-likeness (QED) is 0.694. The summed E-state index contributed by atoms with van der Waals surface area (Å²) in [5, 5.41) is 0.917. The predicted molar refractivity (Wildman–Crippen MR) is 77.7 cm³/mol. The van der Waals surface area contributed by atoms with Crippen molar-refractivity contribution in [3.8, 4) is 0 Å². The van der Waals surface area contributed by atoms with E-state index in [4.69, 9.17) is 11.6 Å². The molecule has 3 aromatic rings. The monoisotopic (exact) mass is 292 g/mol. The van der Waals surface area contributed by atoms with Crippen molar-refractivity contribution in [1.29, 1.82) is 0 Å². The molecular formula is C13H13ClN4S. The van der Waals surface area contributed by atoms with Gasteiger partial charge in [-0.3, -0.25) is 4.98 Å². The van der Waals surface area contributed by atoms with Gasteiger partial charge in [0.25, 0.3) is 0 Å². The van der Waals surface area contributed by atoms with Gasteiger partial charge < -0.3 is 4.57 Å². The van der Waals surface area contributed by atoms with Crippen LogP contribution in [0.2, 0.25) is 0 Å². The van der Waals surface area contributed by atoms with E-state index in [9.17, 15) is 0 Å². The predicted octanol–water partition coefficient (Wildman–Crippen LogP) is 3.54. The van der Waals surface area contributed by atoms with Crippen LogP contribution in [0.1, 0.15) is 28.0 Å². The van der Waals surface area contributed by atoms with Crippen molar-refractivity contribution in [1.82, 2.24) is 19.5 Å². The normalized spacial score (nSPS) is 13.0. The molecule has 0 N–H and O–H groups in total. The van der Waals surface area contributed by atoms with Crippen molar-refractivity contribution < 1.29 is 0 Å². The van der Waals surface area contributed by atoms with Gasteiger partial charge in [-0.1, -0.05) is 0 Å². The van der Waals surface area contributed by atoms with E-state index in [2.05, 4.69) is 26.4 Å². The number of thiazole rings is 1. The van der Waals surface area contributed by atoms with Crippen LogP contribution in [0, 0.1) is 6.92 Å². The number of hydrogen-bond acceptors (Lipinski definition) is 4. The molecule has 3 rings (SSSR count). The molecule has 4 nitrogen and oxygen atoms in total. The third kappa shape index (κ3) is 2.35. The lowest BCUT2D eigenvalue weighted by Gasteiger charge is -2.08. The molecule has 0 radical (unpaired) electrons. The summed E-state index contributed by atoms with van der Waals surface area (Å²) in [7, 11) is 0. The average molecular weight is 293 g/mol. The van der Waals surface area contributed by atoms with Crippen LogP contribution in [0.5, 0.6) is 0 Å². The van der Waals surface area contributed by atoms with E-state index >= 15 is 0 Å². The molecule has 1 unspecified atom stereocenters. The zero-order valence-corrected chi connectivity index (χ0v) is 12.2. The van der Waals surface area contributed by atoms with Gasteiger partial charge in [0.15, 0.2) is 0 Å². The number of nitrogens with zero attached hydrogens (tertiary/aromatic N) is 4. The number of aromatic nitrogens is 4. The number of rotatable bonds is 3. The molecule has 6 heteroatoms. The Balaban J connectivity index is 2.12. The highest BCUT2D eigenvalue weighted by Gasteiger charge is 2.16. The largest absolute Gasteiger partial charge is 0.320 e. The fraction of sp³-hybridized carbons (Fsp3) is 0.308. The maximum absolute atomic E-state index is 6.23.